The molecule has 0 aromatic carbocycles. The van der Waals surface area contributed by atoms with Crippen molar-refractivity contribution in [3.63, 3.8) is 0 Å². The van der Waals surface area contributed by atoms with E-state index in [1.54, 1.807) is 0 Å². The van der Waals surface area contributed by atoms with Crippen LogP contribution in [0.4, 0.5) is 0 Å². The van der Waals surface area contributed by atoms with Gasteiger partial charge in [-0.1, -0.05) is 31.1 Å². The highest BCUT2D eigenvalue weighted by atomic mass is 28.4. The summed E-state index contributed by atoms with van der Waals surface area (Å²) in [5.74, 6) is 0. The Hall–Kier alpha value is -0.383. The van der Waals surface area contributed by atoms with Crippen LogP contribution in [-0.2, 0) is 8.85 Å². The highest BCUT2D eigenvalue weighted by Gasteiger charge is 2.37. The lowest BCUT2D eigenvalue weighted by Gasteiger charge is -2.27. The minimum Gasteiger partial charge on any atom is -0.391 e. The van der Waals surface area contributed by atoms with Crippen molar-refractivity contribution in [1.29, 1.82) is 0 Å². The van der Waals surface area contributed by atoms with E-state index in [2.05, 4.69) is 25.6 Å². The Labute approximate surface area is 101 Å². The van der Waals surface area contributed by atoms with E-state index in [4.69, 9.17) is 8.85 Å². The zero-order valence-corrected chi connectivity index (χ0v) is 12.0. The van der Waals surface area contributed by atoms with Crippen LogP contribution in [0.3, 0.4) is 0 Å². The van der Waals surface area contributed by atoms with Gasteiger partial charge in [-0.2, -0.15) is 0 Å². The number of rotatable bonds is 7. The summed E-state index contributed by atoms with van der Waals surface area (Å²) >= 11 is 0. The lowest BCUT2D eigenvalue weighted by molar-refractivity contribution is 0.198. The van der Waals surface area contributed by atoms with Gasteiger partial charge in [0.05, 0.1) is 0 Å². The smallest absolute Gasteiger partial charge is 0.369 e. The van der Waals surface area contributed by atoms with E-state index >= 15 is 0 Å². The second-order valence-electron chi connectivity index (χ2n) is 4.19. The van der Waals surface area contributed by atoms with Crippen LogP contribution in [0.15, 0.2) is 22.9 Å². The predicted octanol–water partition coefficient (Wildman–Crippen LogP) is 3.73. The fourth-order valence-corrected chi connectivity index (χ4v) is 5.09. The topological polar surface area (TPSA) is 18.5 Å². The van der Waals surface area contributed by atoms with Crippen molar-refractivity contribution in [2.75, 3.05) is 13.2 Å². The first-order valence-electron chi connectivity index (χ1n) is 6.34. The van der Waals surface area contributed by atoms with Crippen LogP contribution in [-0.4, -0.2) is 21.8 Å². The summed E-state index contributed by atoms with van der Waals surface area (Å²) in [6.45, 7) is 9.95. The molecule has 0 N–H and O–H groups in total. The summed E-state index contributed by atoms with van der Waals surface area (Å²) in [7, 11) is -2.12. The maximum atomic E-state index is 5.94. The number of hydrogen-bond acceptors (Lipinski definition) is 2. The Kier molecular flexibility index (Phi) is 5.45. The second-order valence-corrected chi connectivity index (χ2v) is 7.19. The van der Waals surface area contributed by atoms with Gasteiger partial charge in [0.25, 0.3) is 0 Å². The van der Waals surface area contributed by atoms with E-state index in [0.717, 1.165) is 19.6 Å². The lowest BCUT2D eigenvalue weighted by Crippen LogP contribution is -2.41. The van der Waals surface area contributed by atoms with Crippen LogP contribution in [0.1, 0.15) is 40.0 Å². The molecule has 0 aliphatic heterocycles. The zero-order chi connectivity index (χ0) is 12.0. The van der Waals surface area contributed by atoms with Crippen LogP contribution in [0, 0.1) is 0 Å². The number of hydrogen-bond donors (Lipinski definition) is 0. The molecule has 0 aromatic rings. The molecule has 0 amide bonds. The van der Waals surface area contributed by atoms with Gasteiger partial charge in [0, 0.05) is 13.2 Å². The average Bonchev–Trinajstić information content (AvgIpc) is 2.68. The van der Waals surface area contributed by atoms with Crippen molar-refractivity contribution in [2.24, 2.45) is 0 Å². The summed E-state index contributed by atoms with van der Waals surface area (Å²) in [6, 6.07) is 0. The molecule has 0 bridgehead atoms. The molecular weight excluding hydrogens is 216 g/mol. The van der Waals surface area contributed by atoms with Crippen LogP contribution < -0.4 is 0 Å². The monoisotopic (exact) mass is 240 g/mol. The molecular formula is C13H24O2Si. The molecule has 0 saturated carbocycles. The second kappa shape index (κ2) is 6.38. The van der Waals surface area contributed by atoms with Crippen LogP contribution in [0.25, 0.3) is 0 Å². The first-order chi connectivity index (χ1) is 7.68. The molecule has 0 fully saturated rings. The first kappa shape index (κ1) is 13.7. The van der Waals surface area contributed by atoms with Gasteiger partial charge in [-0.15, -0.1) is 0 Å². The summed E-state index contributed by atoms with van der Waals surface area (Å²) in [5.41, 5.74) is 1.53. The summed E-state index contributed by atoms with van der Waals surface area (Å²) < 4.78 is 11.9. The van der Waals surface area contributed by atoms with E-state index in [1.165, 1.54) is 23.6 Å². The van der Waals surface area contributed by atoms with Crippen molar-refractivity contribution in [3.05, 3.63) is 22.9 Å². The largest absolute Gasteiger partial charge is 0.391 e. The molecule has 0 atom stereocenters. The maximum absolute atomic E-state index is 5.94. The molecule has 0 aromatic heterocycles. The normalized spacial score (nSPS) is 16.2. The molecule has 0 heterocycles. The van der Waals surface area contributed by atoms with Gasteiger partial charge in [-0.3, -0.25) is 0 Å². The third-order valence-corrected chi connectivity index (χ3v) is 6.09. The van der Waals surface area contributed by atoms with E-state index in [-0.39, 0.29) is 0 Å². The first-order valence-corrected chi connectivity index (χ1v) is 8.66. The van der Waals surface area contributed by atoms with Gasteiger partial charge in [0.1, 0.15) is 0 Å². The van der Waals surface area contributed by atoms with Crippen LogP contribution in [0.5, 0.6) is 0 Å². The SMILES string of the molecule is CCCC1=C([Si](C)(OCC)OCC)C=CC1. The molecule has 92 valence electrons. The molecule has 2 nitrogen and oxygen atoms in total. The van der Waals surface area contributed by atoms with E-state index in [0.29, 0.717) is 0 Å². The Morgan fingerprint density at radius 3 is 2.31 bits per heavy atom. The minimum absolute atomic E-state index is 0.736. The van der Waals surface area contributed by atoms with Crippen molar-refractivity contribution in [1.82, 2.24) is 0 Å². The standard InChI is InChI=1S/C13H24O2Si/c1-5-9-12-10-8-11-13(12)16(4,14-6-2)15-7-3/h8,11H,5-7,9-10H2,1-4H3. The van der Waals surface area contributed by atoms with Crippen molar-refractivity contribution in [3.8, 4) is 0 Å². The fraction of sp³-hybridized carbons (Fsp3) is 0.692. The van der Waals surface area contributed by atoms with Crippen LogP contribution in [0.2, 0.25) is 6.55 Å². The van der Waals surface area contributed by atoms with Crippen molar-refractivity contribution in [2.45, 2.75) is 46.6 Å². The van der Waals surface area contributed by atoms with Gasteiger partial charge < -0.3 is 8.85 Å². The molecule has 1 aliphatic carbocycles. The number of allylic oxidation sites excluding steroid dienone is 4. The van der Waals surface area contributed by atoms with Crippen molar-refractivity contribution < 1.29 is 8.85 Å². The molecule has 0 radical (unpaired) electrons. The quantitative estimate of drug-likeness (QED) is 0.631. The molecule has 16 heavy (non-hydrogen) atoms. The van der Waals surface area contributed by atoms with E-state index < -0.39 is 8.56 Å². The Balaban J connectivity index is 2.91. The lowest BCUT2D eigenvalue weighted by atomic mass is 10.1. The van der Waals surface area contributed by atoms with Gasteiger partial charge in [0.15, 0.2) is 0 Å². The van der Waals surface area contributed by atoms with Gasteiger partial charge in [-0.05, 0) is 38.4 Å². The molecule has 3 heteroatoms. The third kappa shape index (κ3) is 3.06. The zero-order valence-electron chi connectivity index (χ0n) is 11.0. The van der Waals surface area contributed by atoms with Gasteiger partial charge in [0.2, 0.25) is 0 Å². The van der Waals surface area contributed by atoms with E-state index in [1.807, 2.05) is 13.8 Å². The Morgan fingerprint density at radius 1 is 1.19 bits per heavy atom. The maximum Gasteiger partial charge on any atom is 0.369 e. The minimum atomic E-state index is -2.12. The van der Waals surface area contributed by atoms with E-state index in [9.17, 15) is 0 Å². The summed E-state index contributed by atoms with van der Waals surface area (Å²) in [5, 5.41) is 1.37. The third-order valence-electron chi connectivity index (χ3n) is 2.91. The van der Waals surface area contributed by atoms with Crippen molar-refractivity contribution >= 4 is 8.56 Å². The summed E-state index contributed by atoms with van der Waals surface area (Å²) in [6.07, 6.45) is 7.92. The molecule has 0 unspecified atom stereocenters. The highest BCUT2D eigenvalue weighted by Crippen LogP contribution is 2.31. The molecule has 1 rings (SSSR count). The molecule has 0 spiro atoms. The Morgan fingerprint density at radius 2 is 1.81 bits per heavy atom. The fourth-order valence-electron chi connectivity index (χ4n) is 2.31. The highest BCUT2D eigenvalue weighted by molar-refractivity contribution is 6.74. The predicted molar refractivity (Wildman–Crippen MR) is 70.6 cm³/mol. The molecule has 0 saturated heterocycles. The van der Waals surface area contributed by atoms with Gasteiger partial charge in [-0.25, -0.2) is 0 Å². The summed E-state index contributed by atoms with van der Waals surface area (Å²) in [4.78, 5) is 0. The average molecular weight is 240 g/mol. The molecule has 1 aliphatic rings. The Bertz CT molecular complexity index is 276. The van der Waals surface area contributed by atoms with Crippen LogP contribution >= 0.6 is 0 Å². The van der Waals surface area contributed by atoms with Gasteiger partial charge >= 0.3 is 8.56 Å².